The molecule has 0 nitrogen and oxygen atoms in total. The SMILES string of the molecule is c1ccc(C2=C(c3ccccc3)C3(CCCCCC3)CC2)cc1. The van der Waals surface area contributed by atoms with Crippen molar-refractivity contribution in [3.05, 3.63) is 71.8 Å². The average Bonchev–Trinajstić information content (AvgIpc) is 2.81. The lowest BCUT2D eigenvalue weighted by Gasteiger charge is -2.32. The van der Waals surface area contributed by atoms with Crippen molar-refractivity contribution in [2.24, 2.45) is 5.41 Å². The number of rotatable bonds is 2. The smallest absolute Gasteiger partial charge is 0.00349 e. The zero-order valence-corrected chi connectivity index (χ0v) is 13.9. The number of allylic oxidation sites excluding steroid dienone is 2. The summed E-state index contributed by atoms with van der Waals surface area (Å²) >= 11 is 0. The van der Waals surface area contributed by atoms with E-state index in [0.717, 1.165) is 0 Å². The monoisotopic (exact) mass is 302 g/mol. The minimum Gasteiger partial charge on any atom is -0.0622 e. The molecule has 0 heterocycles. The van der Waals surface area contributed by atoms with E-state index < -0.39 is 0 Å². The van der Waals surface area contributed by atoms with Crippen molar-refractivity contribution in [3.63, 3.8) is 0 Å². The van der Waals surface area contributed by atoms with Crippen LogP contribution in [0.5, 0.6) is 0 Å². The molecule has 0 unspecified atom stereocenters. The van der Waals surface area contributed by atoms with Gasteiger partial charge in [-0.25, -0.2) is 0 Å². The molecule has 2 aliphatic rings. The molecule has 2 aromatic carbocycles. The summed E-state index contributed by atoms with van der Waals surface area (Å²) in [6.45, 7) is 0. The molecular formula is C23H26. The van der Waals surface area contributed by atoms with E-state index in [4.69, 9.17) is 0 Å². The second kappa shape index (κ2) is 6.35. The van der Waals surface area contributed by atoms with Gasteiger partial charge in [-0.15, -0.1) is 0 Å². The quantitative estimate of drug-likeness (QED) is 0.576. The highest BCUT2D eigenvalue weighted by Crippen LogP contribution is 2.57. The summed E-state index contributed by atoms with van der Waals surface area (Å²) in [4.78, 5) is 0. The molecule has 1 saturated carbocycles. The fourth-order valence-electron chi connectivity index (χ4n) is 4.85. The van der Waals surface area contributed by atoms with Crippen molar-refractivity contribution in [1.29, 1.82) is 0 Å². The summed E-state index contributed by atoms with van der Waals surface area (Å²) in [7, 11) is 0. The highest BCUT2D eigenvalue weighted by Gasteiger charge is 2.41. The Morgan fingerprint density at radius 2 is 1.13 bits per heavy atom. The average molecular weight is 302 g/mol. The van der Waals surface area contributed by atoms with E-state index in [0.29, 0.717) is 5.41 Å². The molecule has 2 aromatic rings. The van der Waals surface area contributed by atoms with Crippen LogP contribution in [0.2, 0.25) is 0 Å². The number of hydrogen-bond acceptors (Lipinski definition) is 0. The minimum absolute atomic E-state index is 0.434. The second-order valence-corrected chi connectivity index (χ2v) is 7.28. The van der Waals surface area contributed by atoms with Gasteiger partial charge in [0.25, 0.3) is 0 Å². The Bertz CT molecular complexity index is 670. The Kier molecular flexibility index (Phi) is 4.08. The van der Waals surface area contributed by atoms with Crippen LogP contribution in [0.15, 0.2) is 60.7 Å². The van der Waals surface area contributed by atoms with Crippen LogP contribution in [0.25, 0.3) is 11.1 Å². The van der Waals surface area contributed by atoms with Gasteiger partial charge in [0.2, 0.25) is 0 Å². The molecule has 0 aromatic heterocycles. The molecule has 0 saturated heterocycles. The fourth-order valence-corrected chi connectivity index (χ4v) is 4.85. The van der Waals surface area contributed by atoms with E-state index in [1.807, 2.05) is 0 Å². The molecule has 2 aliphatic carbocycles. The third-order valence-electron chi connectivity index (χ3n) is 5.93. The van der Waals surface area contributed by atoms with Crippen molar-refractivity contribution in [3.8, 4) is 0 Å². The lowest BCUT2D eigenvalue weighted by Crippen LogP contribution is -2.18. The van der Waals surface area contributed by atoms with Crippen LogP contribution in [-0.2, 0) is 0 Å². The van der Waals surface area contributed by atoms with Gasteiger partial charge in [-0.2, -0.15) is 0 Å². The van der Waals surface area contributed by atoms with Crippen LogP contribution in [-0.4, -0.2) is 0 Å². The van der Waals surface area contributed by atoms with E-state index in [1.165, 1.54) is 62.5 Å². The van der Waals surface area contributed by atoms with Crippen molar-refractivity contribution in [2.45, 2.75) is 51.4 Å². The number of hydrogen-bond donors (Lipinski definition) is 0. The Labute approximate surface area is 140 Å². The molecule has 4 rings (SSSR count). The summed E-state index contributed by atoms with van der Waals surface area (Å²) in [5.74, 6) is 0. The van der Waals surface area contributed by atoms with Crippen LogP contribution in [0, 0.1) is 5.41 Å². The fraction of sp³-hybridized carbons (Fsp3) is 0.391. The Morgan fingerprint density at radius 3 is 1.74 bits per heavy atom. The van der Waals surface area contributed by atoms with Crippen molar-refractivity contribution in [1.82, 2.24) is 0 Å². The van der Waals surface area contributed by atoms with Gasteiger partial charge in [-0.05, 0) is 53.4 Å². The molecular weight excluding hydrogens is 276 g/mol. The van der Waals surface area contributed by atoms with Crippen molar-refractivity contribution >= 4 is 11.1 Å². The van der Waals surface area contributed by atoms with Crippen LogP contribution in [0.1, 0.15) is 62.5 Å². The van der Waals surface area contributed by atoms with Gasteiger partial charge in [0, 0.05) is 0 Å². The van der Waals surface area contributed by atoms with Gasteiger partial charge in [0.1, 0.15) is 0 Å². The molecule has 0 radical (unpaired) electrons. The van der Waals surface area contributed by atoms with Gasteiger partial charge in [0.15, 0.2) is 0 Å². The van der Waals surface area contributed by atoms with Crippen LogP contribution >= 0.6 is 0 Å². The molecule has 0 aliphatic heterocycles. The molecule has 0 atom stereocenters. The summed E-state index contributed by atoms with van der Waals surface area (Å²) in [5, 5.41) is 0. The first-order valence-electron chi connectivity index (χ1n) is 9.24. The lowest BCUT2D eigenvalue weighted by molar-refractivity contribution is 0.338. The second-order valence-electron chi connectivity index (χ2n) is 7.28. The largest absolute Gasteiger partial charge is 0.0622 e. The van der Waals surface area contributed by atoms with E-state index in [1.54, 1.807) is 11.1 Å². The minimum atomic E-state index is 0.434. The predicted molar refractivity (Wildman–Crippen MR) is 99.1 cm³/mol. The maximum absolute atomic E-state index is 2.33. The molecule has 1 fully saturated rings. The summed E-state index contributed by atoms with van der Waals surface area (Å²) in [6, 6.07) is 22.3. The predicted octanol–water partition coefficient (Wildman–Crippen LogP) is 6.73. The maximum Gasteiger partial charge on any atom is -0.00349 e. The van der Waals surface area contributed by atoms with E-state index >= 15 is 0 Å². The van der Waals surface area contributed by atoms with Gasteiger partial charge >= 0.3 is 0 Å². The van der Waals surface area contributed by atoms with E-state index in [-0.39, 0.29) is 0 Å². The van der Waals surface area contributed by atoms with Crippen LogP contribution in [0.3, 0.4) is 0 Å². The Balaban J connectivity index is 1.87. The topological polar surface area (TPSA) is 0 Å². The lowest BCUT2D eigenvalue weighted by atomic mass is 9.72. The maximum atomic E-state index is 2.33. The van der Waals surface area contributed by atoms with Gasteiger partial charge in [-0.1, -0.05) is 86.3 Å². The molecule has 0 heteroatoms. The molecule has 0 N–H and O–H groups in total. The molecule has 0 amide bonds. The summed E-state index contributed by atoms with van der Waals surface area (Å²) in [5.41, 5.74) is 6.62. The van der Waals surface area contributed by atoms with Crippen LogP contribution in [0.4, 0.5) is 0 Å². The van der Waals surface area contributed by atoms with Crippen molar-refractivity contribution < 1.29 is 0 Å². The van der Waals surface area contributed by atoms with Crippen molar-refractivity contribution in [2.75, 3.05) is 0 Å². The standard InChI is InChI=1S/C23H26/c1-2-10-17-23(16-9-1)18-15-21(19-11-5-3-6-12-19)22(23)20-13-7-4-8-14-20/h3-8,11-14H,1-2,9-10,15-18H2. The zero-order chi connectivity index (χ0) is 15.5. The van der Waals surface area contributed by atoms with Gasteiger partial charge in [-0.3, -0.25) is 0 Å². The normalized spacial score (nSPS) is 20.7. The molecule has 23 heavy (non-hydrogen) atoms. The first kappa shape index (κ1) is 14.8. The Morgan fingerprint density at radius 1 is 0.565 bits per heavy atom. The first-order valence-corrected chi connectivity index (χ1v) is 9.24. The van der Waals surface area contributed by atoms with E-state index in [2.05, 4.69) is 60.7 Å². The first-order chi connectivity index (χ1) is 11.4. The molecule has 0 bridgehead atoms. The Hall–Kier alpha value is -1.82. The zero-order valence-electron chi connectivity index (χ0n) is 13.9. The molecule has 118 valence electrons. The number of benzene rings is 2. The summed E-state index contributed by atoms with van der Waals surface area (Å²) < 4.78 is 0. The van der Waals surface area contributed by atoms with Crippen LogP contribution < -0.4 is 0 Å². The van der Waals surface area contributed by atoms with Gasteiger partial charge in [0.05, 0.1) is 0 Å². The highest BCUT2D eigenvalue weighted by atomic mass is 14.4. The molecule has 1 spiro atoms. The summed E-state index contributed by atoms with van der Waals surface area (Å²) in [6.07, 6.45) is 11.0. The van der Waals surface area contributed by atoms with Gasteiger partial charge < -0.3 is 0 Å². The van der Waals surface area contributed by atoms with E-state index in [9.17, 15) is 0 Å². The third-order valence-corrected chi connectivity index (χ3v) is 5.93. The third kappa shape index (κ3) is 2.76. The highest BCUT2D eigenvalue weighted by molar-refractivity contribution is 5.95.